The number of rotatable bonds is 0. The van der Waals surface area contributed by atoms with E-state index in [0.717, 1.165) is 16.1 Å². The molecule has 0 aromatic heterocycles. The fourth-order valence-electron chi connectivity index (χ4n) is 0.794. The van der Waals surface area contributed by atoms with Crippen LogP contribution in [0.2, 0.25) is 5.02 Å². The van der Waals surface area contributed by atoms with Crippen molar-refractivity contribution < 1.29 is 8.76 Å². The zero-order valence-corrected chi connectivity index (χ0v) is 8.98. The molecule has 1 unspecified atom stereocenters. The zero-order valence-electron chi connectivity index (χ0n) is 7.41. The molecule has 13 heavy (non-hydrogen) atoms. The van der Waals surface area contributed by atoms with E-state index >= 15 is 0 Å². The van der Waals surface area contributed by atoms with Gasteiger partial charge in [-0.2, -0.15) is 0 Å². The lowest BCUT2D eigenvalue weighted by atomic mass is 10.2. The van der Waals surface area contributed by atoms with Gasteiger partial charge in [0.1, 0.15) is 0 Å². The maximum Gasteiger partial charge on any atom is 0.0464 e. The van der Waals surface area contributed by atoms with Crippen molar-refractivity contribution >= 4 is 22.9 Å². The Kier molecular flexibility index (Phi) is 5.90. The van der Waals surface area contributed by atoms with E-state index in [0.29, 0.717) is 0 Å². The van der Waals surface area contributed by atoms with Gasteiger partial charge in [0, 0.05) is 16.3 Å². The first-order chi connectivity index (χ1) is 5.95. The molecule has 74 valence electrons. The van der Waals surface area contributed by atoms with Crippen molar-refractivity contribution in [2.45, 2.75) is 13.8 Å². The average molecular weight is 221 g/mol. The third kappa shape index (κ3) is 5.76. The van der Waals surface area contributed by atoms with Gasteiger partial charge in [-0.05, 0) is 25.0 Å². The Labute approximate surface area is 85.3 Å². The largest absolute Gasteiger partial charge is 0.760 e. The first kappa shape index (κ1) is 12.6. The molecule has 0 spiro atoms. The zero-order chi connectivity index (χ0) is 10.4. The second-order valence-electron chi connectivity index (χ2n) is 2.47. The molecule has 0 saturated heterocycles. The number of nitrogens with two attached hydrogens (primary N) is 1. The van der Waals surface area contributed by atoms with Crippen LogP contribution in [0.15, 0.2) is 18.2 Å². The number of benzene rings is 1. The van der Waals surface area contributed by atoms with Gasteiger partial charge in [0.2, 0.25) is 0 Å². The van der Waals surface area contributed by atoms with E-state index in [1.807, 2.05) is 32.0 Å². The molecule has 1 rings (SSSR count). The summed E-state index contributed by atoms with van der Waals surface area (Å²) in [6.45, 7) is 4.02. The van der Waals surface area contributed by atoms with Crippen LogP contribution in [0.4, 0.5) is 0 Å². The van der Waals surface area contributed by atoms with Gasteiger partial charge in [-0.15, -0.1) is 0 Å². The summed E-state index contributed by atoms with van der Waals surface area (Å²) in [4.78, 5) is 0. The molecule has 1 aromatic rings. The van der Waals surface area contributed by atoms with Crippen LogP contribution in [0.5, 0.6) is 0 Å². The highest BCUT2D eigenvalue weighted by molar-refractivity contribution is 7.76. The molecular formula is C8H11ClNO2S-. The molecule has 0 aliphatic carbocycles. The summed E-state index contributed by atoms with van der Waals surface area (Å²) in [5.41, 5.74) is 2.30. The summed E-state index contributed by atoms with van der Waals surface area (Å²) in [7, 11) is 0. The second-order valence-corrected chi connectivity index (χ2v) is 3.37. The van der Waals surface area contributed by atoms with E-state index in [9.17, 15) is 0 Å². The number of halogens is 1. The van der Waals surface area contributed by atoms with Crippen LogP contribution in [0.25, 0.3) is 0 Å². The highest BCUT2D eigenvalue weighted by atomic mass is 35.5. The summed E-state index contributed by atoms with van der Waals surface area (Å²) in [6.07, 6.45) is 0. The summed E-state index contributed by atoms with van der Waals surface area (Å²) < 4.78 is 17.6. The molecule has 5 heteroatoms. The molecule has 0 radical (unpaired) electrons. The fraction of sp³-hybridized carbons (Fsp3) is 0.250. The smallest absolute Gasteiger partial charge is 0.0464 e. The van der Waals surface area contributed by atoms with Crippen molar-refractivity contribution in [3.63, 3.8) is 0 Å². The van der Waals surface area contributed by atoms with Crippen molar-refractivity contribution in [1.82, 2.24) is 0 Å². The maximum absolute atomic E-state index is 8.78. The van der Waals surface area contributed by atoms with Crippen LogP contribution in [0.3, 0.4) is 0 Å². The van der Waals surface area contributed by atoms with Crippen molar-refractivity contribution in [1.29, 1.82) is 0 Å². The van der Waals surface area contributed by atoms with Crippen LogP contribution in [-0.2, 0) is 11.3 Å². The predicted octanol–water partition coefficient (Wildman–Crippen LogP) is 1.70. The Morgan fingerprint density at radius 3 is 1.92 bits per heavy atom. The molecule has 0 saturated carbocycles. The summed E-state index contributed by atoms with van der Waals surface area (Å²) in [5.74, 6) is 0. The first-order valence-electron chi connectivity index (χ1n) is 3.50. The Bertz CT molecular complexity index is 280. The molecule has 1 aromatic carbocycles. The number of hydrogen-bond donors (Lipinski definition) is 1. The molecule has 0 fully saturated rings. The number of hydrogen-bond acceptors (Lipinski definition) is 2. The minimum absolute atomic E-state index is 0.887. The van der Waals surface area contributed by atoms with Gasteiger partial charge in [0.15, 0.2) is 0 Å². The highest BCUT2D eigenvalue weighted by Gasteiger charge is 1.94. The van der Waals surface area contributed by atoms with Gasteiger partial charge in [-0.3, -0.25) is 9.35 Å². The highest BCUT2D eigenvalue weighted by Crippen LogP contribution is 2.18. The minimum atomic E-state index is -2.36. The van der Waals surface area contributed by atoms with Crippen molar-refractivity contribution in [3.8, 4) is 0 Å². The molecule has 0 amide bonds. The van der Waals surface area contributed by atoms with Crippen molar-refractivity contribution in [3.05, 3.63) is 34.3 Å². The molecular weight excluding hydrogens is 210 g/mol. The quantitative estimate of drug-likeness (QED) is 0.677. The summed E-state index contributed by atoms with van der Waals surface area (Å²) in [5, 5.41) is 4.91. The van der Waals surface area contributed by atoms with Crippen LogP contribution in [0, 0.1) is 13.8 Å². The van der Waals surface area contributed by atoms with Gasteiger partial charge < -0.3 is 4.55 Å². The van der Waals surface area contributed by atoms with E-state index in [4.69, 9.17) is 20.4 Å². The van der Waals surface area contributed by atoms with Crippen molar-refractivity contribution in [2.24, 2.45) is 5.14 Å². The lowest BCUT2D eigenvalue weighted by Crippen LogP contribution is -1.97. The number of aryl methyl sites for hydroxylation is 2. The monoisotopic (exact) mass is 220 g/mol. The first-order valence-corrected chi connectivity index (χ1v) is 5.02. The lowest BCUT2D eigenvalue weighted by molar-refractivity contribution is 0.539. The van der Waals surface area contributed by atoms with E-state index < -0.39 is 11.3 Å². The molecule has 2 N–H and O–H groups in total. The summed E-state index contributed by atoms with van der Waals surface area (Å²) in [6, 6.07) is 6.03. The normalized spacial score (nSPS) is 11.5. The lowest BCUT2D eigenvalue weighted by Gasteiger charge is -1.98. The van der Waals surface area contributed by atoms with Crippen LogP contribution in [-0.4, -0.2) is 8.76 Å². The van der Waals surface area contributed by atoms with Gasteiger partial charge in [0.05, 0.1) is 0 Å². The van der Waals surface area contributed by atoms with Crippen LogP contribution < -0.4 is 5.14 Å². The fourth-order valence-corrected chi connectivity index (χ4v) is 0.920. The second kappa shape index (κ2) is 6.10. The van der Waals surface area contributed by atoms with Gasteiger partial charge in [-0.25, -0.2) is 0 Å². The van der Waals surface area contributed by atoms with Gasteiger partial charge in [0.25, 0.3) is 0 Å². The molecule has 0 aliphatic heterocycles. The molecule has 0 bridgehead atoms. The average Bonchev–Trinajstić information content (AvgIpc) is 1.99. The third-order valence-corrected chi connectivity index (χ3v) is 1.98. The Morgan fingerprint density at radius 2 is 1.69 bits per heavy atom. The van der Waals surface area contributed by atoms with E-state index in [1.165, 1.54) is 0 Å². The maximum atomic E-state index is 8.78. The molecule has 1 atom stereocenters. The van der Waals surface area contributed by atoms with E-state index in [-0.39, 0.29) is 0 Å². The minimum Gasteiger partial charge on any atom is -0.760 e. The topological polar surface area (TPSA) is 66.2 Å². The van der Waals surface area contributed by atoms with Crippen molar-refractivity contribution in [2.75, 3.05) is 0 Å². The Hall–Kier alpha value is -0.420. The Balaban J connectivity index is 0.000000310. The Morgan fingerprint density at radius 1 is 1.38 bits per heavy atom. The van der Waals surface area contributed by atoms with Gasteiger partial charge in [-0.1, -0.05) is 29.8 Å². The molecule has 0 aliphatic rings. The van der Waals surface area contributed by atoms with Crippen LogP contribution in [0.1, 0.15) is 11.1 Å². The van der Waals surface area contributed by atoms with Crippen LogP contribution >= 0.6 is 11.6 Å². The molecule has 0 heterocycles. The standard InChI is InChI=1S/C8H9Cl.H3NO2S/c1-6-4-3-5-7(2)8(6)9;1-4(2)3/h3-5H,1-2H3;1H2,(H,2,3)/p-1. The van der Waals surface area contributed by atoms with E-state index in [1.54, 1.807) is 0 Å². The third-order valence-electron chi connectivity index (χ3n) is 1.38. The van der Waals surface area contributed by atoms with Gasteiger partial charge >= 0.3 is 0 Å². The SMILES string of the molecule is Cc1cccc(C)c1Cl.NS(=O)[O-]. The van der Waals surface area contributed by atoms with E-state index in [2.05, 4.69) is 5.14 Å². The summed E-state index contributed by atoms with van der Waals surface area (Å²) >= 11 is 3.52. The predicted molar refractivity (Wildman–Crippen MR) is 54.0 cm³/mol. The molecule has 3 nitrogen and oxygen atoms in total.